The Morgan fingerprint density at radius 2 is 2.22 bits per heavy atom. The molecule has 0 aliphatic rings. The highest BCUT2D eigenvalue weighted by molar-refractivity contribution is 6.03. The molecule has 1 rings (SSSR count). The van der Waals surface area contributed by atoms with Crippen LogP contribution in [0.15, 0.2) is 6.20 Å². The summed E-state index contributed by atoms with van der Waals surface area (Å²) in [7, 11) is 1.53. The van der Waals surface area contributed by atoms with Crippen molar-refractivity contribution in [3.8, 4) is 5.75 Å². The van der Waals surface area contributed by atoms with E-state index in [1.54, 1.807) is 17.8 Å². The summed E-state index contributed by atoms with van der Waals surface area (Å²) in [5.41, 5.74) is 5.69. The smallest absolute Gasteiger partial charge is 0.204 e. The van der Waals surface area contributed by atoms with Crippen molar-refractivity contribution in [2.45, 2.75) is 52.1 Å². The van der Waals surface area contributed by atoms with Gasteiger partial charge in [0.05, 0.1) is 18.8 Å². The number of hydrogen-bond donors (Lipinski definition) is 1. The van der Waals surface area contributed by atoms with E-state index in [2.05, 4.69) is 5.10 Å². The van der Waals surface area contributed by atoms with Crippen LogP contribution < -0.4 is 10.5 Å². The van der Waals surface area contributed by atoms with Gasteiger partial charge in [0.15, 0.2) is 5.75 Å². The summed E-state index contributed by atoms with van der Waals surface area (Å²) in [6.45, 7) is 7.71. The van der Waals surface area contributed by atoms with Gasteiger partial charge < -0.3 is 10.5 Å². The topological polar surface area (TPSA) is 70.1 Å². The predicted molar refractivity (Wildman–Crippen MR) is 71.0 cm³/mol. The monoisotopic (exact) mass is 253 g/mol. The van der Waals surface area contributed by atoms with Crippen LogP contribution in [0.5, 0.6) is 5.75 Å². The van der Waals surface area contributed by atoms with E-state index in [9.17, 15) is 4.79 Å². The van der Waals surface area contributed by atoms with Crippen molar-refractivity contribution in [2.75, 3.05) is 7.11 Å². The highest BCUT2D eigenvalue weighted by Crippen LogP contribution is 2.26. The second-order valence-corrected chi connectivity index (χ2v) is 5.10. The fourth-order valence-electron chi connectivity index (χ4n) is 2.01. The maximum atomic E-state index is 12.6. The minimum absolute atomic E-state index is 0.0882. The number of ether oxygens (including phenoxy) is 1. The Kier molecular flexibility index (Phi) is 4.51. The summed E-state index contributed by atoms with van der Waals surface area (Å²) in [5, 5.41) is 4.20. The normalized spacial score (nSPS) is 14.6. The van der Waals surface area contributed by atoms with Crippen LogP contribution in [0.2, 0.25) is 0 Å². The third kappa shape index (κ3) is 2.72. The SMILES string of the molecule is CCCC(C)(N)C(=O)c1c(OC)cnn1C(C)C. The molecule has 5 heteroatoms. The van der Waals surface area contributed by atoms with E-state index in [-0.39, 0.29) is 11.8 Å². The number of nitrogens with two attached hydrogens (primary N) is 1. The van der Waals surface area contributed by atoms with Gasteiger partial charge in [-0.25, -0.2) is 0 Å². The number of methoxy groups -OCH3 is 1. The van der Waals surface area contributed by atoms with Crippen molar-refractivity contribution >= 4 is 5.78 Å². The van der Waals surface area contributed by atoms with Crippen LogP contribution >= 0.6 is 0 Å². The lowest BCUT2D eigenvalue weighted by molar-refractivity contribution is 0.0876. The fraction of sp³-hybridized carbons (Fsp3) is 0.692. The number of rotatable bonds is 6. The van der Waals surface area contributed by atoms with Gasteiger partial charge in [-0.05, 0) is 27.2 Å². The average molecular weight is 253 g/mol. The molecule has 1 aromatic heterocycles. The lowest BCUT2D eigenvalue weighted by Crippen LogP contribution is -2.45. The van der Waals surface area contributed by atoms with Crippen molar-refractivity contribution < 1.29 is 9.53 Å². The Morgan fingerprint density at radius 3 is 2.67 bits per heavy atom. The van der Waals surface area contributed by atoms with Crippen LogP contribution in [-0.2, 0) is 0 Å². The summed E-state index contributed by atoms with van der Waals surface area (Å²) in [4.78, 5) is 12.6. The first-order valence-corrected chi connectivity index (χ1v) is 6.30. The number of hydrogen-bond acceptors (Lipinski definition) is 4. The molecule has 0 radical (unpaired) electrons. The molecule has 0 spiro atoms. The summed E-state index contributed by atoms with van der Waals surface area (Å²) in [5.74, 6) is 0.369. The van der Waals surface area contributed by atoms with Gasteiger partial charge in [0, 0.05) is 6.04 Å². The molecule has 1 unspecified atom stereocenters. The van der Waals surface area contributed by atoms with Crippen molar-refractivity contribution in [2.24, 2.45) is 5.73 Å². The van der Waals surface area contributed by atoms with E-state index in [1.807, 2.05) is 20.8 Å². The summed E-state index contributed by atoms with van der Waals surface area (Å²) >= 11 is 0. The molecule has 2 N–H and O–H groups in total. The zero-order valence-corrected chi connectivity index (χ0v) is 11.9. The van der Waals surface area contributed by atoms with Crippen molar-refractivity contribution in [3.63, 3.8) is 0 Å². The van der Waals surface area contributed by atoms with E-state index in [0.717, 1.165) is 6.42 Å². The van der Waals surface area contributed by atoms with Crippen LogP contribution in [0, 0.1) is 0 Å². The lowest BCUT2D eigenvalue weighted by atomic mass is 9.90. The molecule has 0 bridgehead atoms. The van der Waals surface area contributed by atoms with Gasteiger partial charge in [-0.15, -0.1) is 0 Å². The molecule has 18 heavy (non-hydrogen) atoms. The van der Waals surface area contributed by atoms with Gasteiger partial charge in [-0.3, -0.25) is 9.48 Å². The predicted octanol–water partition coefficient (Wildman–Crippen LogP) is 2.17. The number of nitrogens with zero attached hydrogens (tertiary/aromatic N) is 2. The van der Waals surface area contributed by atoms with Crippen LogP contribution in [-0.4, -0.2) is 28.2 Å². The third-order valence-electron chi connectivity index (χ3n) is 2.97. The molecular formula is C13H23N3O2. The quantitative estimate of drug-likeness (QED) is 0.789. The van der Waals surface area contributed by atoms with Crippen LogP contribution in [0.1, 0.15) is 57.1 Å². The Hall–Kier alpha value is -1.36. The maximum Gasteiger partial charge on any atom is 0.204 e. The minimum atomic E-state index is -0.880. The molecule has 0 fully saturated rings. The summed E-state index contributed by atoms with van der Waals surface area (Å²) in [6.07, 6.45) is 3.06. The zero-order valence-electron chi connectivity index (χ0n) is 11.9. The van der Waals surface area contributed by atoms with Crippen molar-refractivity contribution in [1.82, 2.24) is 9.78 Å². The molecule has 0 amide bonds. The van der Waals surface area contributed by atoms with Crippen LogP contribution in [0.3, 0.4) is 0 Å². The molecule has 0 saturated carbocycles. The minimum Gasteiger partial charge on any atom is -0.493 e. The van der Waals surface area contributed by atoms with E-state index in [0.29, 0.717) is 17.9 Å². The van der Waals surface area contributed by atoms with Crippen molar-refractivity contribution in [3.05, 3.63) is 11.9 Å². The van der Waals surface area contributed by atoms with Gasteiger partial charge in [-0.2, -0.15) is 5.10 Å². The molecule has 0 aliphatic carbocycles. The second-order valence-electron chi connectivity index (χ2n) is 5.10. The molecule has 102 valence electrons. The van der Waals surface area contributed by atoms with E-state index >= 15 is 0 Å². The lowest BCUT2D eigenvalue weighted by Gasteiger charge is -2.23. The van der Waals surface area contributed by atoms with Gasteiger partial charge >= 0.3 is 0 Å². The van der Waals surface area contributed by atoms with Gasteiger partial charge in [0.2, 0.25) is 5.78 Å². The van der Waals surface area contributed by atoms with Gasteiger partial charge in [-0.1, -0.05) is 13.3 Å². The molecule has 0 aliphatic heterocycles. The highest BCUT2D eigenvalue weighted by atomic mass is 16.5. The molecule has 0 saturated heterocycles. The summed E-state index contributed by atoms with van der Waals surface area (Å²) in [6, 6.07) is 0.0882. The Labute approximate surface area is 108 Å². The van der Waals surface area contributed by atoms with Gasteiger partial charge in [0.1, 0.15) is 5.69 Å². The number of aromatic nitrogens is 2. The van der Waals surface area contributed by atoms with Crippen LogP contribution in [0.25, 0.3) is 0 Å². The summed E-state index contributed by atoms with van der Waals surface area (Å²) < 4.78 is 6.88. The Bertz CT molecular complexity index is 422. The molecular weight excluding hydrogens is 230 g/mol. The molecule has 0 aromatic carbocycles. The number of Topliss-reactive ketones (excluding diaryl/α,β-unsaturated/α-hetero) is 1. The van der Waals surface area contributed by atoms with E-state index in [1.165, 1.54) is 7.11 Å². The largest absolute Gasteiger partial charge is 0.493 e. The number of carbonyl (C=O) groups is 1. The number of carbonyl (C=O) groups excluding carboxylic acids is 1. The third-order valence-corrected chi connectivity index (χ3v) is 2.97. The van der Waals surface area contributed by atoms with Gasteiger partial charge in [0.25, 0.3) is 0 Å². The molecule has 5 nitrogen and oxygen atoms in total. The first-order chi connectivity index (χ1) is 8.35. The van der Waals surface area contributed by atoms with E-state index in [4.69, 9.17) is 10.5 Å². The molecule has 1 atom stereocenters. The molecule has 1 aromatic rings. The maximum absolute atomic E-state index is 12.6. The second kappa shape index (κ2) is 5.52. The molecule has 1 heterocycles. The average Bonchev–Trinajstić information content (AvgIpc) is 2.71. The van der Waals surface area contributed by atoms with E-state index < -0.39 is 5.54 Å². The van der Waals surface area contributed by atoms with Crippen molar-refractivity contribution in [1.29, 1.82) is 0 Å². The fourth-order valence-corrected chi connectivity index (χ4v) is 2.01. The highest BCUT2D eigenvalue weighted by Gasteiger charge is 2.34. The Balaban J connectivity index is 3.22. The Morgan fingerprint density at radius 1 is 1.61 bits per heavy atom. The first kappa shape index (κ1) is 14.7. The standard InChI is InChI=1S/C13H23N3O2/c1-6-7-13(4,14)12(17)11-10(18-5)8-15-16(11)9(2)3/h8-9H,6-7,14H2,1-5H3. The number of ketones is 1. The zero-order chi connectivity index (χ0) is 13.9. The first-order valence-electron chi connectivity index (χ1n) is 6.30. The van der Waals surface area contributed by atoms with Crippen LogP contribution in [0.4, 0.5) is 0 Å².